The number of anilines is 1. The van der Waals surface area contributed by atoms with Gasteiger partial charge in [0.15, 0.2) is 16.0 Å². The second kappa shape index (κ2) is 13.1. The van der Waals surface area contributed by atoms with Gasteiger partial charge in [0.25, 0.3) is 0 Å². The average molecular weight is 671 g/mol. The molecule has 46 heavy (non-hydrogen) atoms. The second-order valence-corrected chi connectivity index (χ2v) is 12.4. The number of benzene rings is 2. The fourth-order valence-corrected chi connectivity index (χ4v) is 6.81. The maximum absolute atomic E-state index is 14.0. The first-order valence-corrected chi connectivity index (χ1v) is 15.6. The molecule has 0 aliphatic carbocycles. The molecule has 2 amide bonds. The van der Waals surface area contributed by atoms with Crippen molar-refractivity contribution in [2.75, 3.05) is 44.7 Å². The Hall–Kier alpha value is -4.40. The number of methoxy groups -OCH3 is 1. The Balaban J connectivity index is 1.25. The summed E-state index contributed by atoms with van der Waals surface area (Å²) in [7, 11) is 1.25. The molecule has 3 aliphatic heterocycles. The number of carboxylic acids is 1. The lowest BCUT2D eigenvalue weighted by atomic mass is 9.95. The first-order chi connectivity index (χ1) is 22.1. The molecule has 2 aromatic carbocycles. The Bertz CT molecular complexity index is 1750. The van der Waals surface area contributed by atoms with Crippen LogP contribution in [0.1, 0.15) is 28.6 Å². The van der Waals surface area contributed by atoms with Crippen LogP contribution in [-0.4, -0.2) is 89.6 Å². The molecular weight excluding hydrogens is 642 g/mol. The number of hydrogen-bond donors (Lipinski definition) is 2. The highest BCUT2D eigenvalue weighted by atomic mass is 35.5. The first-order valence-electron chi connectivity index (χ1n) is 14.4. The van der Waals surface area contributed by atoms with Gasteiger partial charge >= 0.3 is 18.0 Å². The molecule has 0 saturated carbocycles. The maximum atomic E-state index is 14.0. The normalized spacial score (nSPS) is 20.0. The number of aliphatic carboxylic acids is 1. The number of aromatic nitrogens is 1. The number of esters is 1. The van der Waals surface area contributed by atoms with Crippen LogP contribution in [0.25, 0.3) is 0 Å². The number of aryl methyl sites for hydroxylation is 1. The molecule has 2 N–H and O–H groups in total. The molecule has 0 unspecified atom stereocenters. The van der Waals surface area contributed by atoms with Crippen molar-refractivity contribution in [2.45, 2.75) is 24.9 Å². The summed E-state index contributed by atoms with van der Waals surface area (Å²) in [5.41, 5.74) is 2.59. The summed E-state index contributed by atoms with van der Waals surface area (Å²) in [5, 5.41) is 11.9. The zero-order chi connectivity index (χ0) is 32.5. The van der Waals surface area contributed by atoms with Crippen molar-refractivity contribution >= 4 is 52.4 Å². The second-order valence-electron chi connectivity index (χ2n) is 11.1. The number of carboxylic acid groups (broad SMARTS) is 1. The largest absolute Gasteiger partial charge is 0.481 e. The monoisotopic (exact) mass is 670 g/mol. The van der Waals surface area contributed by atoms with Crippen molar-refractivity contribution in [2.24, 2.45) is 4.99 Å². The van der Waals surface area contributed by atoms with E-state index in [-0.39, 0.29) is 46.5 Å². The van der Waals surface area contributed by atoms with Crippen molar-refractivity contribution in [1.29, 1.82) is 0 Å². The van der Waals surface area contributed by atoms with E-state index >= 15 is 0 Å². The summed E-state index contributed by atoms with van der Waals surface area (Å²) in [4.78, 5) is 52.0. The van der Waals surface area contributed by atoms with Crippen LogP contribution in [0.5, 0.6) is 0 Å². The lowest BCUT2D eigenvalue weighted by Crippen LogP contribution is -2.53. The van der Waals surface area contributed by atoms with E-state index in [1.54, 1.807) is 4.90 Å². The topological polar surface area (TPSA) is 128 Å². The van der Waals surface area contributed by atoms with Crippen LogP contribution in [-0.2, 0) is 20.7 Å². The molecule has 3 aliphatic rings. The van der Waals surface area contributed by atoms with Crippen LogP contribution >= 0.6 is 22.9 Å². The summed E-state index contributed by atoms with van der Waals surface area (Å²) in [6.45, 7) is 2.13. The summed E-state index contributed by atoms with van der Waals surface area (Å²) >= 11 is 7.22. The highest BCUT2D eigenvalue weighted by molar-refractivity contribution is 7.12. The minimum atomic E-state index is -0.984. The zero-order valence-corrected chi connectivity index (χ0v) is 26.2. The summed E-state index contributed by atoms with van der Waals surface area (Å²) < 4.78 is 33.1. The van der Waals surface area contributed by atoms with E-state index in [9.17, 15) is 23.2 Å². The number of rotatable bonds is 9. The predicted molar refractivity (Wildman–Crippen MR) is 167 cm³/mol. The third kappa shape index (κ3) is 6.46. The van der Waals surface area contributed by atoms with Gasteiger partial charge in [-0.2, -0.15) is 4.39 Å². The molecule has 0 spiro atoms. The number of amides is 2. The Kier molecular flexibility index (Phi) is 9.02. The number of nitrogens with one attached hydrogen (secondary N) is 1. The predicted octanol–water partition coefficient (Wildman–Crippen LogP) is 4.24. The van der Waals surface area contributed by atoms with Gasteiger partial charge in [0.05, 0.1) is 24.9 Å². The fourth-order valence-electron chi connectivity index (χ4n) is 5.94. The SMILES string of the molecule is COC(=O)C1=C(CN2CCN3C(=O)N(c4ccc(CCC(=O)O)cc4)C[C@@H]3C2)NC(c2ncc(F)s2)=N[C@H]1c1ccc(F)cc1Cl. The van der Waals surface area contributed by atoms with E-state index in [2.05, 4.69) is 20.2 Å². The molecule has 2 atom stereocenters. The lowest BCUT2D eigenvalue weighted by molar-refractivity contribution is -0.137. The van der Waals surface area contributed by atoms with Crippen LogP contribution in [0.3, 0.4) is 0 Å². The molecule has 3 aromatic rings. The maximum Gasteiger partial charge on any atom is 0.338 e. The van der Waals surface area contributed by atoms with Gasteiger partial charge in [-0.15, -0.1) is 0 Å². The highest BCUT2D eigenvalue weighted by Gasteiger charge is 2.42. The molecule has 0 radical (unpaired) electrons. The molecule has 240 valence electrons. The number of hydrogen-bond acceptors (Lipinski definition) is 9. The third-order valence-electron chi connectivity index (χ3n) is 8.16. The van der Waals surface area contributed by atoms with Gasteiger partial charge in [0, 0.05) is 61.1 Å². The number of halogens is 3. The van der Waals surface area contributed by atoms with Crippen LogP contribution in [0.4, 0.5) is 19.3 Å². The standard InChI is InChI=1S/C31H29ClF2N6O5S/c1-45-30(43)26-23(36-28(29-35-13-24(34)46-29)37-27(26)21-8-5-18(33)12-22(21)32)16-38-10-11-39-20(14-38)15-40(31(39)44)19-6-2-17(3-7-19)4-9-25(41)42/h2-3,5-8,12-13,20,27H,4,9-11,14-16H2,1H3,(H,36,37)(H,41,42)/t20-,27-/m0/s1. The number of ether oxygens (including phenoxy) is 1. The van der Waals surface area contributed by atoms with E-state index in [1.807, 2.05) is 29.2 Å². The highest BCUT2D eigenvalue weighted by Crippen LogP contribution is 2.37. The molecule has 2 saturated heterocycles. The summed E-state index contributed by atoms with van der Waals surface area (Å²) in [6, 6.07) is 9.90. The van der Waals surface area contributed by atoms with Gasteiger partial charge in [-0.1, -0.05) is 41.1 Å². The molecular formula is C31H29ClF2N6O5S. The number of nitrogens with zero attached hydrogens (tertiary/aromatic N) is 5. The van der Waals surface area contributed by atoms with Crippen LogP contribution in [0.2, 0.25) is 5.02 Å². The Labute approximate surface area is 271 Å². The van der Waals surface area contributed by atoms with Crippen molar-refractivity contribution in [3.8, 4) is 0 Å². The van der Waals surface area contributed by atoms with Gasteiger partial charge in [-0.3, -0.25) is 19.6 Å². The zero-order valence-electron chi connectivity index (χ0n) is 24.6. The number of aliphatic imine (C=N–C) groups is 1. The Morgan fingerprint density at radius 1 is 1.15 bits per heavy atom. The molecule has 4 heterocycles. The Morgan fingerprint density at radius 2 is 1.93 bits per heavy atom. The number of urea groups is 1. The van der Waals surface area contributed by atoms with Crippen LogP contribution < -0.4 is 10.2 Å². The van der Waals surface area contributed by atoms with Gasteiger partial charge in [0.2, 0.25) is 0 Å². The number of carbonyl (C=O) groups excluding carboxylic acids is 2. The fraction of sp³-hybridized carbons (Fsp3) is 0.323. The number of thiazole rings is 1. The summed E-state index contributed by atoms with van der Waals surface area (Å²) in [6.07, 6.45) is 1.51. The molecule has 1 aromatic heterocycles. The van der Waals surface area contributed by atoms with Gasteiger partial charge < -0.3 is 20.1 Å². The molecule has 2 fully saturated rings. The third-order valence-corrected chi connectivity index (χ3v) is 9.28. The van der Waals surface area contributed by atoms with Gasteiger partial charge in [-0.05, 0) is 36.2 Å². The Morgan fingerprint density at radius 3 is 2.61 bits per heavy atom. The number of fused-ring (bicyclic) bond motifs is 1. The minimum absolute atomic E-state index is 0.0302. The number of carbonyl (C=O) groups is 3. The van der Waals surface area contributed by atoms with E-state index in [1.165, 1.54) is 19.2 Å². The van der Waals surface area contributed by atoms with Crippen molar-refractivity contribution < 1.29 is 33.0 Å². The van der Waals surface area contributed by atoms with Crippen molar-refractivity contribution in [3.63, 3.8) is 0 Å². The van der Waals surface area contributed by atoms with Gasteiger partial charge in [-0.25, -0.2) is 19.0 Å². The van der Waals surface area contributed by atoms with E-state index in [4.69, 9.17) is 21.4 Å². The van der Waals surface area contributed by atoms with E-state index in [0.717, 1.165) is 34.9 Å². The summed E-state index contributed by atoms with van der Waals surface area (Å²) in [5.74, 6) is -1.85. The molecule has 11 nitrogen and oxygen atoms in total. The average Bonchev–Trinajstić information content (AvgIpc) is 3.62. The quantitative estimate of drug-likeness (QED) is 0.324. The van der Waals surface area contributed by atoms with E-state index < -0.39 is 28.9 Å². The van der Waals surface area contributed by atoms with Gasteiger partial charge in [0.1, 0.15) is 11.9 Å². The minimum Gasteiger partial charge on any atom is -0.481 e. The number of piperazine rings is 1. The first kappa shape index (κ1) is 31.6. The van der Waals surface area contributed by atoms with E-state index in [0.29, 0.717) is 43.9 Å². The molecule has 6 rings (SSSR count). The molecule has 15 heteroatoms. The number of amidine groups is 1. The van der Waals surface area contributed by atoms with Crippen LogP contribution in [0.15, 0.2) is 64.9 Å². The molecule has 0 bridgehead atoms. The van der Waals surface area contributed by atoms with Crippen molar-refractivity contribution in [3.05, 3.63) is 92.0 Å². The van der Waals surface area contributed by atoms with Crippen molar-refractivity contribution in [1.82, 2.24) is 20.1 Å². The van der Waals surface area contributed by atoms with Crippen LogP contribution in [0, 0.1) is 10.9 Å². The smallest absolute Gasteiger partial charge is 0.338 e. The lowest BCUT2D eigenvalue weighted by Gasteiger charge is -2.38.